The van der Waals surface area contributed by atoms with Crippen LogP contribution in [0.3, 0.4) is 0 Å². The van der Waals surface area contributed by atoms with Gasteiger partial charge in [0.2, 0.25) is 0 Å². The molecule has 0 saturated carbocycles. The molecule has 1 unspecified atom stereocenters. The van der Waals surface area contributed by atoms with Gasteiger partial charge in [-0.25, -0.2) is 0 Å². The second kappa shape index (κ2) is 8.97. The van der Waals surface area contributed by atoms with Crippen LogP contribution in [-0.4, -0.2) is 31.1 Å². The van der Waals surface area contributed by atoms with Gasteiger partial charge in [0.15, 0.2) is 0 Å². The van der Waals surface area contributed by atoms with Crippen LogP contribution in [0.4, 0.5) is 0 Å². The molecule has 80 valence electrons. The van der Waals surface area contributed by atoms with Crippen molar-refractivity contribution in [3.05, 3.63) is 0 Å². The van der Waals surface area contributed by atoms with Gasteiger partial charge in [-0.2, -0.15) is 0 Å². The topological polar surface area (TPSA) is 21.3 Å². The molecular weight excluding hydrogens is 230 g/mol. The summed E-state index contributed by atoms with van der Waals surface area (Å²) >= 11 is 3.42. The number of hydrogen-bond acceptors (Lipinski definition) is 2. The lowest BCUT2D eigenvalue weighted by Crippen LogP contribution is -2.30. The van der Waals surface area contributed by atoms with Crippen molar-refractivity contribution < 1.29 is 4.74 Å². The fraction of sp³-hybridized carbons (Fsp3) is 1.00. The van der Waals surface area contributed by atoms with Crippen LogP contribution in [-0.2, 0) is 4.74 Å². The Kier molecular flexibility index (Phi) is 9.25. The van der Waals surface area contributed by atoms with Gasteiger partial charge in [-0.05, 0) is 19.3 Å². The Morgan fingerprint density at radius 1 is 1.31 bits per heavy atom. The lowest BCUT2D eigenvalue weighted by Gasteiger charge is -2.12. The maximum absolute atomic E-state index is 5.45. The molecule has 0 aliphatic heterocycles. The molecule has 0 heterocycles. The Morgan fingerprint density at radius 3 is 2.54 bits per heavy atom. The van der Waals surface area contributed by atoms with Gasteiger partial charge >= 0.3 is 0 Å². The average molecular weight is 252 g/mol. The highest BCUT2D eigenvalue weighted by Crippen LogP contribution is 1.94. The van der Waals surface area contributed by atoms with Crippen molar-refractivity contribution in [2.45, 2.75) is 33.2 Å². The molecule has 0 bridgehead atoms. The van der Waals surface area contributed by atoms with Crippen LogP contribution < -0.4 is 5.32 Å². The Hall–Kier alpha value is 0.400. The molecule has 0 aromatic carbocycles. The van der Waals surface area contributed by atoms with Crippen LogP contribution in [0, 0.1) is 5.92 Å². The van der Waals surface area contributed by atoms with Crippen molar-refractivity contribution >= 4 is 15.9 Å². The Labute approximate surface area is 90.6 Å². The minimum Gasteiger partial charge on any atom is -0.380 e. The van der Waals surface area contributed by atoms with E-state index in [9.17, 15) is 0 Å². The number of ether oxygens (including phenoxy) is 1. The van der Waals surface area contributed by atoms with Crippen molar-refractivity contribution in [1.29, 1.82) is 0 Å². The van der Waals surface area contributed by atoms with Crippen LogP contribution >= 0.6 is 15.9 Å². The van der Waals surface area contributed by atoms with Gasteiger partial charge in [-0.3, -0.25) is 0 Å². The first-order valence-electron chi connectivity index (χ1n) is 5.04. The molecular formula is C10H22BrNO. The van der Waals surface area contributed by atoms with E-state index in [4.69, 9.17) is 4.74 Å². The van der Waals surface area contributed by atoms with Crippen molar-refractivity contribution in [2.75, 3.05) is 25.1 Å². The van der Waals surface area contributed by atoms with Crippen molar-refractivity contribution in [3.8, 4) is 0 Å². The first-order valence-corrected chi connectivity index (χ1v) is 6.16. The van der Waals surface area contributed by atoms with Crippen molar-refractivity contribution in [3.63, 3.8) is 0 Å². The molecule has 0 amide bonds. The zero-order valence-corrected chi connectivity index (χ0v) is 10.6. The summed E-state index contributed by atoms with van der Waals surface area (Å²) in [4.78, 5) is 0. The lowest BCUT2D eigenvalue weighted by atomic mass is 10.2. The van der Waals surface area contributed by atoms with Crippen molar-refractivity contribution in [1.82, 2.24) is 5.32 Å². The molecule has 0 radical (unpaired) electrons. The molecule has 1 N–H and O–H groups in total. The zero-order valence-electron chi connectivity index (χ0n) is 8.98. The molecule has 0 spiro atoms. The van der Waals surface area contributed by atoms with E-state index in [0.29, 0.717) is 12.0 Å². The summed E-state index contributed by atoms with van der Waals surface area (Å²) in [6.07, 6.45) is 1.17. The molecule has 0 aliphatic carbocycles. The lowest BCUT2D eigenvalue weighted by molar-refractivity contribution is 0.110. The highest BCUT2D eigenvalue weighted by Gasteiger charge is 1.99. The van der Waals surface area contributed by atoms with Crippen LogP contribution in [0.25, 0.3) is 0 Å². The van der Waals surface area contributed by atoms with Gasteiger partial charge in [-0.1, -0.05) is 29.8 Å². The minimum atomic E-state index is 0.585. The molecule has 13 heavy (non-hydrogen) atoms. The van der Waals surface area contributed by atoms with Gasteiger partial charge in [0.25, 0.3) is 0 Å². The van der Waals surface area contributed by atoms with E-state index in [1.807, 2.05) is 0 Å². The van der Waals surface area contributed by atoms with Gasteiger partial charge in [0.05, 0.1) is 6.61 Å². The molecule has 0 aliphatic rings. The number of hydrogen-bond donors (Lipinski definition) is 1. The van der Waals surface area contributed by atoms with E-state index in [1.165, 1.54) is 6.42 Å². The smallest absolute Gasteiger partial charge is 0.0591 e. The Balaban J connectivity index is 3.06. The summed E-state index contributed by atoms with van der Waals surface area (Å²) < 4.78 is 5.45. The normalized spacial score (nSPS) is 13.6. The maximum Gasteiger partial charge on any atom is 0.0591 e. The van der Waals surface area contributed by atoms with E-state index in [1.54, 1.807) is 0 Å². The summed E-state index contributed by atoms with van der Waals surface area (Å²) in [7, 11) is 0. The summed E-state index contributed by atoms with van der Waals surface area (Å²) in [5.41, 5.74) is 0. The first kappa shape index (κ1) is 13.4. The molecule has 3 heteroatoms. The molecule has 0 saturated heterocycles. The van der Waals surface area contributed by atoms with Gasteiger partial charge in [0, 0.05) is 24.5 Å². The van der Waals surface area contributed by atoms with Crippen LogP contribution in [0.2, 0.25) is 0 Å². The zero-order chi connectivity index (χ0) is 10.1. The average Bonchev–Trinajstić information content (AvgIpc) is 2.03. The number of alkyl halides is 1. The van der Waals surface area contributed by atoms with E-state index >= 15 is 0 Å². The fourth-order valence-electron chi connectivity index (χ4n) is 0.962. The Bertz CT molecular complexity index is 109. The van der Waals surface area contributed by atoms with E-state index < -0.39 is 0 Å². The highest BCUT2D eigenvalue weighted by molar-refractivity contribution is 9.09. The molecule has 2 nitrogen and oxygen atoms in total. The summed E-state index contributed by atoms with van der Waals surface area (Å²) in [5.74, 6) is 0.639. The molecule has 0 aromatic rings. The van der Waals surface area contributed by atoms with E-state index in [2.05, 4.69) is 42.0 Å². The van der Waals surface area contributed by atoms with E-state index in [-0.39, 0.29) is 0 Å². The molecule has 0 rings (SSSR count). The van der Waals surface area contributed by atoms with Crippen molar-refractivity contribution in [2.24, 2.45) is 5.92 Å². The standard InChI is InChI=1S/C10H22BrNO/c1-9(2)8-13-7-6-12-10(3)4-5-11/h9-10,12H,4-8H2,1-3H3. The minimum absolute atomic E-state index is 0.585. The molecule has 1 atom stereocenters. The largest absolute Gasteiger partial charge is 0.380 e. The van der Waals surface area contributed by atoms with Crippen LogP contribution in [0.15, 0.2) is 0 Å². The molecule has 0 fully saturated rings. The van der Waals surface area contributed by atoms with Gasteiger partial charge < -0.3 is 10.1 Å². The predicted octanol–water partition coefficient (Wildman–Crippen LogP) is 2.42. The van der Waals surface area contributed by atoms with E-state index in [0.717, 1.165) is 25.1 Å². The summed E-state index contributed by atoms with van der Waals surface area (Å²) in [6, 6.07) is 0.585. The number of halogens is 1. The summed E-state index contributed by atoms with van der Waals surface area (Å²) in [6.45, 7) is 9.19. The first-order chi connectivity index (χ1) is 6.16. The Morgan fingerprint density at radius 2 is 2.00 bits per heavy atom. The van der Waals surface area contributed by atoms with Crippen LogP contribution in [0.1, 0.15) is 27.2 Å². The SMILES string of the molecule is CC(C)COCCNC(C)CCBr. The number of nitrogens with one attached hydrogen (secondary N) is 1. The fourth-order valence-corrected chi connectivity index (χ4v) is 1.65. The second-order valence-electron chi connectivity index (χ2n) is 3.80. The van der Waals surface area contributed by atoms with Gasteiger partial charge in [0.1, 0.15) is 0 Å². The quantitative estimate of drug-likeness (QED) is 0.529. The van der Waals surface area contributed by atoms with Crippen LogP contribution in [0.5, 0.6) is 0 Å². The monoisotopic (exact) mass is 251 g/mol. The number of rotatable bonds is 8. The highest BCUT2D eigenvalue weighted by atomic mass is 79.9. The third-order valence-electron chi connectivity index (χ3n) is 1.73. The second-order valence-corrected chi connectivity index (χ2v) is 4.59. The third kappa shape index (κ3) is 10.3. The third-order valence-corrected chi connectivity index (χ3v) is 2.19. The maximum atomic E-state index is 5.45. The predicted molar refractivity (Wildman–Crippen MR) is 61.5 cm³/mol. The summed E-state index contributed by atoms with van der Waals surface area (Å²) in [5, 5.41) is 4.47. The van der Waals surface area contributed by atoms with Gasteiger partial charge in [-0.15, -0.1) is 0 Å². The molecule has 0 aromatic heterocycles.